The van der Waals surface area contributed by atoms with Gasteiger partial charge >= 0.3 is 5.97 Å². The number of nitrogens with one attached hydrogen (secondary N) is 1. The van der Waals surface area contributed by atoms with Crippen molar-refractivity contribution in [2.24, 2.45) is 0 Å². The van der Waals surface area contributed by atoms with Crippen LogP contribution in [0, 0.1) is 10.1 Å². The first-order valence-electron chi connectivity index (χ1n) is 9.39. The fourth-order valence-corrected chi connectivity index (χ4v) is 3.28. The Morgan fingerprint density at radius 3 is 2.66 bits per heavy atom. The number of aryl methyl sites for hydroxylation is 1. The van der Waals surface area contributed by atoms with Crippen molar-refractivity contribution in [3.63, 3.8) is 0 Å². The van der Waals surface area contributed by atoms with E-state index in [0.29, 0.717) is 5.75 Å². The highest BCUT2D eigenvalue weighted by atomic mass is 16.6. The van der Waals surface area contributed by atoms with Crippen LogP contribution in [0.25, 0.3) is 0 Å². The molecule has 0 unspecified atom stereocenters. The van der Waals surface area contributed by atoms with Crippen molar-refractivity contribution in [3.8, 4) is 5.75 Å². The standard InChI is InChI=1S/C21H22N2O6/c1-14(21(25)22-19-8-4-6-15-5-2-3-7-18(15)19)29-20(24)13-28-17-11-9-16(10-12-17)23(26)27/h2-3,5,7,9-12,14,19H,4,6,8,13H2,1H3,(H,22,25)/t14-,19-/m0/s1. The molecule has 0 bridgehead atoms. The molecule has 1 amide bonds. The molecular weight excluding hydrogens is 376 g/mol. The van der Waals surface area contributed by atoms with Gasteiger partial charge in [0.2, 0.25) is 0 Å². The van der Waals surface area contributed by atoms with Crippen LogP contribution in [0.1, 0.15) is 36.9 Å². The van der Waals surface area contributed by atoms with E-state index in [1.54, 1.807) is 0 Å². The van der Waals surface area contributed by atoms with Crippen LogP contribution in [0.5, 0.6) is 5.75 Å². The third-order valence-electron chi connectivity index (χ3n) is 4.77. The minimum absolute atomic E-state index is 0.0745. The number of nitro groups is 1. The largest absolute Gasteiger partial charge is 0.482 e. The fraction of sp³-hybridized carbons (Fsp3) is 0.333. The van der Waals surface area contributed by atoms with Gasteiger partial charge in [-0.05, 0) is 49.4 Å². The van der Waals surface area contributed by atoms with Gasteiger partial charge < -0.3 is 14.8 Å². The summed E-state index contributed by atoms with van der Waals surface area (Å²) >= 11 is 0. The Balaban J connectivity index is 1.48. The molecule has 8 nitrogen and oxygen atoms in total. The smallest absolute Gasteiger partial charge is 0.344 e. The molecule has 0 saturated carbocycles. The van der Waals surface area contributed by atoms with E-state index in [1.807, 2.05) is 18.2 Å². The normalized spacial score (nSPS) is 16.2. The zero-order valence-corrected chi connectivity index (χ0v) is 16.0. The minimum atomic E-state index is -0.961. The van der Waals surface area contributed by atoms with Gasteiger partial charge in [-0.3, -0.25) is 14.9 Å². The monoisotopic (exact) mass is 398 g/mol. The first-order valence-corrected chi connectivity index (χ1v) is 9.39. The molecule has 2 aromatic carbocycles. The molecule has 0 spiro atoms. The average Bonchev–Trinajstić information content (AvgIpc) is 2.72. The van der Waals surface area contributed by atoms with E-state index in [1.165, 1.54) is 36.8 Å². The van der Waals surface area contributed by atoms with Gasteiger partial charge in [-0.15, -0.1) is 0 Å². The second-order valence-electron chi connectivity index (χ2n) is 6.82. The van der Waals surface area contributed by atoms with Crippen LogP contribution in [-0.4, -0.2) is 29.5 Å². The van der Waals surface area contributed by atoms with Crippen molar-refractivity contribution < 1.29 is 24.0 Å². The molecule has 2 aromatic rings. The van der Waals surface area contributed by atoms with Gasteiger partial charge in [-0.2, -0.15) is 0 Å². The topological polar surface area (TPSA) is 108 Å². The first-order chi connectivity index (χ1) is 13.9. The van der Waals surface area contributed by atoms with E-state index in [-0.39, 0.29) is 17.6 Å². The quantitative estimate of drug-likeness (QED) is 0.436. The van der Waals surface area contributed by atoms with Gasteiger partial charge in [0.25, 0.3) is 11.6 Å². The predicted octanol–water partition coefficient (Wildman–Crippen LogP) is 3.10. The van der Waals surface area contributed by atoms with Crippen molar-refractivity contribution in [2.75, 3.05) is 6.61 Å². The number of amides is 1. The lowest BCUT2D eigenvalue weighted by Gasteiger charge is -2.27. The fourth-order valence-electron chi connectivity index (χ4n) is 3.28. The number of esters is 1. The molecular formula is C21H22N2O6. The summed E-state index contributed by atoms with van der Waals surface area (Å²) in [7, 11) is 0. The molecule has 0 aromatic heterocycles. The Bertz CT molecular complexity index is 896. The third kappa shape index (κ3) is 5.31. The van der Waals surface area contributed by atoms with E-state index in [0.717, 1.165) is 24.8 Å². The summed E-state index contributed by atoms with van der Waals surface area (Å²) in [6, 6.07) is 13.2. The van der Waals surface area contributed by atoms with E-state index in [4.69, 9.17) is 9.47 Å². The van der Waals surface area contributed by atoms with Crippen molar-refractivity contribution in [3.05, 3.63) is 69.8 Å². The highest BCUT2D eigenvalue weighted by molar-refractivity contribution is 5.84. The minimum Gasteiger partial charge on any atom is -0.482 e. The summed E-state index contributed by atoms with van der Waals surface area (Å²) in [5.74, 6) is -0.770. The molecule has 0 heterocycles. The van der Waals surface area contributed by atoms with Crippen molar-refractivity contribution in [1.29, 1.82) is 0 Å². The molecule has 0 radical (unpaired) electrons. The van der Waals surface area contributed by atoms with Crippen LogP contribution >= 0.6 is 0 Å². The SMILES string of the molecule is C[C@H](OC(=O)COc1ccc([N+](=O)[O-])cc1)C(=O)N[C@H]1CCCc2ccccc21. The Morgan fingerprint density at radius 2 is 1.93 bits per heavy atom. The molecule has 8 heteroatoms. The van der Waals surface area contributed by atoms with Crippen LogP contribution in [0.4, 0.5) is 5.69 Å². The van der Waals surface area contributed by atoms with E-state index in [2.05, 4.69) is 11.4 Å². The summed E-state index contributed by atoms with van der Waals surface area (Å²) in [6.07, 6.45) is 1.86. The number of rotatable bonds is 7. The summed E-state index contributed by atoms with van der Waals surface area (Å²) in [6.45, 7) is 1.11. The van der Waals surface area contributed by atoms with Crippen LogP contribution in [0.15, 0.2) is 48.5 Å². The van der Waals surface area contributed by atoms with Gasteiger partial charge in [0, 0.05) is 12.1 Å². The van der Waals surface area contributed by atoms with Gasteiger partial charge in [0.1, 0.15) is 5.75 Å². The zero-order chi connectivity index (χ0) is 20.8. The molecule has 0 saturated heterocycles. The van der Waals surface area contributed by atoms with Gasteiger partial charge in [-0.1, -0.05) is 24.3 Å². The number of non-ortho nitro benzene ring substituents is 1. The maximum Gasteiger partial charge on any atom is 0.344 e. The number of carbonyl (C=O) groups excluding carboxylic acids is 2. The summed E-state index contributed by atoms with van der Waals surface area (Å²) in [4.78, 5) is 34.5. The number of nitrogens with zero attached hydrogens (tertiary/aromatic N) is 1. The van der Waals surface area contributed by atoms with E-state index < -0.39 is 23.6 Å². The lowest BCUT2D eigenvalue weighted by molar-refractivity contribution is -0.384. The maximum atomic E-state index is 12.4. The van der Waals surface area contributed by atoms with Crippen LogP contribution < -0.4 is 10.1 Å². The number of benzene rings is 2. The van der Waals surface area contributed by atoms with E-state index >= 15 is 0 Å². The van der Waals surface area contributed by atoms with Gasteiger partial charge in [0.15, 0.2) is 12.7 Å². The number of hydrogen-bond acceptors (Lipinski definition) is 6. The predicted molar refractivity (Wildman–Crippen MR) is 104 cm³/mol. The van der Waals surface area contributed by atoms with Crippen LogP contribution in [0.2, 0.25) is 0 Å². The average molecular weight is 398 g/mol. The number of ether oxygens (including phenoxy) is 2. The van der Waals surface area contributed by atoms with Gasteiger partial charge in [0.05, 0.1) is 11.0 Å². The Kier molecular flexibility index (Phi) is 6.43. The number of nitro benzene ring substituents is 1. The number of hydrogen-bond donors (Lipinski definition) is 1. The molecule has 2 atom stereocenters. The Hall–Kier alpha value is -3.42. The second kappa shape index (κ2) is 9.18. The summed E-state index contributed by atoms with van der Waals surface area (Å²) in [5.41, 5.74) is 2.26. The zero-order valence-electron chi connectivity index (χ0n) is 16.0. The summed E-state index contributed by atoms with van der Waals surface area (Å²) < 4.78 is 10.4. The van der Waals surface area contributed by atoms with Crippen molar-refractivity contribution >= 4 is 17.6 Å². The molecule has 1 aliphatic carbocycles. The summed E-state index contributed by atoms with van der Waals surface area (Å²) in [5, 5.41) is 13.6. The van der Waals surface area contributed by atoms with Gasteiger partial charge in [-0.25, -0.2) is 4.79 Å². The highest BCUT2D eigenvalue weighted by Crippen LogP contribution is 2.29. The number of fused-ring (bicyclic) bond motifs is 1. The highest BCUT2D eigenvalue weighted by Gasteiger charge is 2.25. The molecule has 0 fully saturated rings. The second-order valence-corrected chi connectivity index (χ2v) is 6.82. The molecule has 29 heavy (non-hydrogen) atoms. The van der Waals surface area contributed by atoms with Crippen LogP contribution in [0.3, 0.4) is 0 Å². The molecule has 1 N–H and O–H groups in total. The lowest BCUT2D eigenvalue weighted by atomic mass is 9.87. The molecule has 1 aliphatic rings. The molecule has 152 valence electrons. The van der Waals surface area contributed by atoms with Crippen molar-refractivity contribution in [2.45, 2.75) is 38.3 Å². The Labute approximate surface area is 168 Å². The van der Waals surface area contributed by atoms with Crippen molar-refractivity contribution in [1.82, 2.24) is 5.32 Å². The van der Waals surface area contributed by atoms with E-state index in [9.17, 15) is 19.7 Å². The number of carbonyl (C=O) groups is 2. The maximum absolute atomic E-state index is 12.4. The lowest BCUT2D eigenvalue weighted by Crippen LogP contribution is -2.39. The first kappa shape index (κ1) is 20.3. The molecule has 3 rings (SSSR count). The Morgan fingerprint density at radius 1 is 1.21 bits per heavy atom. The van der Waals surface area contributed by atoms with Crippen LogP contribution in [-0.2, 0) is 20.7 Å². The third-order valence-corrected chi connectivity index (χ3v) is 4.77. The molecule has 0 aliphatic heterocycles.